The van der Waals surface area contributed by atoms with Gasteiger partial charge in [-0.2, -0.15) is 0 Å². The van der Waals surface area contributed by atoms with Gasteiger partial charge in [-0.1, -0.05) is 32.1 Å². The summed E-state index contributed by atoms with van der Waals surface area (Å²) in [6, 6.07) is 0. The molecule has 1 atom stereocenters. The van der Waals surface area contributed by atoms with Gasteiger partial charge < -0.3 is 20.9 Å². The lowest BCUT2D eigenvalue weighted by molar-refractivity contribution is -0.115. The summed E-state index contributed by atoms with van der Waals surface area (Å²) in [6.07, 6.45) is 6.23. The number of amides is 1. The highest BCUT2D eigenvalue weighted by Gasteiger charge is 2.15. The first kappa shape index (κ1) is 23.3. The van der Waals surface area contributed by atoms with Gasteiger partial charge in [0.05, 0.1) is 17.2 Å². The quantitative estimate of drug-likeness (QED) is 0.445. The fraction of sp³-hybridized carbons (Fsp3) is 0.455. The fourth-order valence-corrected chi connectivity index (χ4v) is 2.93. The van der Waals surface area contributed by atoms with Crippen LogP contribution in [-0.4, -0.2) is 22.0 Å². The molecule has 154 valence electrons. The van der Waals surface area contributed by atoms with Crippen LogP contribution < -0.4 is 16.4 Å². The van der Waals surface area contributed by atoms with Crippen LogP contribution in [0.5, 0.6) is 0 Å². The van der Waals surface area contributed by atoms with Crippen LogP contribution in [0, 0.1) is 19.8 Å². The number of nitrogens with one attached hydrogen (secondary N) is 2. The molecule has 0 saturated heterocycles. The zero-order chi connectivity index (χ0) is 21.4. The van der Waals surface area contributed by atoms with Crippen LogP contribution in [0.1, 0.15) is 58.3 Å². The predicted octanol–water partition coefficient (Wildman–Crippen LogP) is 3.85. The smallest absolute Gasteiger partial charge is 0.250 e. The Bertz CT molecular complexity index is 807. The monoisotopic (exact) mass is 385 g/mol. The molecule has 0 aliphatic heterocycles. The lowest BCUT2D eigenvalue weighted by Crippen LogP contribution is -2.24. The van der Waals surface area contributed by atoms with Crippen molar-refractivity contribution in [3.8, 4) is 0 Å². The fourth-order valence-electron chi connectivity index (χ4n) is 2.93. The summed E-state index contributed by atoms with van der Waals surface area (Å²) in [6.45, 7) is 18.9. The van der Waals surface area contributed by atoms with Crippen LogP contribution in [0.3, 0.4) is 0 Å². The van der Waals surface area contributed by atoms with Crippen LogP contribution >= 0.6 is 0 Å². The predicted molar refractivity (Wildman–Crippen MR) is 118 cm³/mol. The summed E-state index contributed by atoms with van der Waals surface area (Å²) in [7, 11) is 0. The van der Waals surface area contributed by atoms with Crippen molar-refractivity contribution >= 4 is 17.8 Å². The topological polar surface area (TPSA) is 85.0 Å². The highest BCUT2D eigenvalue weighted by Crippen LogP contribution is 2.21. The number of carbonyl (C=O) groups excluding carboxylic acids is 1. The van der Waals surface area contributed by atoms with Gasteiger partial charge in [0.2, 0.25) is 0 Å². The molecule has 1 amide bonds. The van der Waals surface area contributed by atoms with Crippen LogP contribution in [0.25, 0.3) is 11.9 Å². The van der Waals surface area contributed by atoms with Gasteiger partial charge in [0.25, 0.3) is 5.91 Å². The van der Waals surface area contributed by atoms with Crippen LogP contribution in [0.4, 0.5) is 0 Å². The van der Waals surface area contributed by atoms with Crippen molar-refractivity contribution in [3.05, 3.63) is 52.9 Å². The minimum atomic E-state index is -0.331. The molecule has 1 rings (SSSR count). The Balaban J connectivity index is 3.15. The first-order chi connectivity index (χ1) is 13.1. The number of nitrogens with zero attached hydrogens (tertiary/aromatic N) is 2. The molecule has 0 saturated carbocycles. The zero-order valence-corrected chi connectivity index (χ0v) is 18.3. The molecule has 1 unspecified atom stereocenters. The van der Waals surface area contributed by atoms with Gasteiger partial charge >= 0.3 is 0 Å². The van der Waals surface area contributed by atoms with Crippen molar-refractivity contribution in [1.29, 1.82) is 0 Å². The summed E-state index contributed by atoms with van der Waals surface area (Å²) >= 11 is 0. The molecule has 4 N–H and O–H groups in total. The van der Waals surface area contributed by atoms with Gasteiger partial charge in [0.1, 0.15) is 0 Å². The van der Waals surface area contributed by atoms with E-state index in [2.05, 4.69) is 44.9 Å². The van der Waals surface area contributed by atoms with Gasteiger partial charge in [0.15, 0.2) is 5.82 Å². The number of aromatic nitrogens is 2. The minimum Gasteiger partial charge on any atom is -0.386 e. The van der Waals surface area contributed by atoms with E-state index in [1.165, 1.54) is 17.2 Å². The second-order valence-corrected chi connectivity index (χ2v) is 7.20. The van der Waals surface area contributed by atoms with Gasteiger partial charge in [-0.05, 0) is 52.5 Å². The van der Waals surface area contributed by atoms with Gasteiger partial charge in [-0.3, -0.25) is 4.79 Å². The maximum Gasteiger partial charge on any atom is 0.250 e. The van der Waals surface area contributed by atoms with Crippen LogP contribution in [-0.2, 0) is 4.79 Å². The third-order valence-electron chi connectivity index (χ3n) is 4.89. The molecular weight excluding hydrogens is 350 g/mol. The lowest BCUT2D eigenvalue weighted by Gasteiger charge is -2.19. The Morgan fingerprint density at radius 1 is 1.36 bits per heavy atom. The van der Waals surface area contributed by atoms with E-state index in [0.29, 0.717) is 5.92 Å². The van der Waals surface area contributed by atoms with E-state index in [9.17, 15) is 4.79 Å². The first-order valence-electron chi connectivity index (χ1n) is 9.68. The summed E-state index contributed by atoms with van der Waals surface area (Å²) in [5.74, 6) is 1.07. The molecule has 1 aromatic rings. The molecule has 0 aliphatic carbocycles. The molecule has 0 aliphatic rings. The van der Waals surface area contributed by atoms with E-state index in [1.54, 1.807) is 6.20 Å². The van der Waals surface area contributed by atoms with Gasteiger partial charge in [0, 0.05) is 24.5 Å². The summed E-state index contributed by atoms with van der Waals surface area (Å²) in [4.78, 5) is 16.6. The van der Waals surface area contributed by atoms with Gasteiger partial charge in [-0.15, -0.1) is 0 Å². The average molecular weight is 386 g/mol. The Labute approximate surface area is 169 Å². The Morgan fingerprint density at radius 2 is 2.00 bits per heavy atom. The number of nitrogens with two attached hydrogens (primary N) is 1. The van der Waals surface area contributed by atoms with E-state index >= 15 is 0 Å². The highest BCUT2D eigenvalue weighted by atomic mass is 16.1. The van der Waals surface area contributed by atoms with E-state index < -0.39 is 0 Å². The molecule has 0 bridgehead atoms. The molecule has 1 aromatic heterocycles. The first-order valence-corrected chi connectivity index (χ1v) is 9.68. The maximum atomic E-state index is 11.9. The summed E-state index contributed by atoms with van der Waals surface area (Å²) in [5, 5.41) is 6.00. The SMILES string of the molecule is C=C(N)NC(=O)/C=C/n1c(/C(=C\C)NCC(=C(C)C)C(C)CC)nc(C)c1C. The van der Waals surface area contributed by atoms with E-state index in [-0.39, 0.29) is 11.7 Å². The van der Waals surface area contributed by atoms with E-state index in [1.807, 2.05) is 31.4 Å². The molecule has 6 heteroatoms. The number of imidazole rings is 1. The molecule has 0 radical (unpaired) electrons. The molecule has 28 heavy (non-hydrogen) atoms. The number of aryl methyl sites for hydroxylation is 1. The zero-order valence-electron chi connectivity index (χ0n) is 18.3. The van der Waals surface area contributed by atoms with E-state index in [0.717, 1.165) is 35.9 Å². The lowest BCUT2D eigenvalue weighted by atomic mass is 9.94. The molecule has 0 fully saturated rings. The average Bonchev–Trinajstić information content (AvgIpc) is 2.90. The van der Waals surface area contributed by atoms with Crippen molar-refractivity contribution in [2.45, 2.75) is 54.9 Å². The Morgan fingerprint density at radius 3 is 2.50 bits per heavy atom. The highest BCUT2D eigenvalue weighted by molar-refractivity contribution is 5.91. The number of rotatable bonds is 9. The van der Waals surface area contributed by atoms with Crippen molar-refractivity contribution in [2.24, 2.45) is 11.7 Å². The number of carbonyl (C=O) groups is 1. The van der Waals surface area contributed by atoms with Crippen molar-refractivity contribution in [2.75, 3.05) is 6.54 Å². The number of allylic oxidation sites excluding steroid dienone is 2. The molecule has 1 heterocycles. The third-order valence-corrected chi connectivity index (χ3v) is 4.89. The largest absolute Gasteiger partial charge is 0.386 e. The maximum absolute atomic E-state index is 11.9. The van der Waals surface area contributed by atoms with Crippen molar-refractivity contribution < 1.29 is 4.79 Å². The summed E-state index contributed by atoms with van der Waals surface area (Å²) < 4.78 is 1.90. The molecule has 6 nitrogen and oxygen atoms in total. The van der Waals surface area contributed by atoms with Crippen molar-refractivity contribution in [1.82, 2.24) is 20.2 Å². The standard InChI is InChI=1S/C22H35N5O/c1-9-15(5)19(14(3)4)13-24-20(10-2)22-25-16(6)17(7)27(22)12-11-21(28)26-18(8)23/h10-12,15,24H,8-9,13,23H2,1-7H3,(H,26,28)/b12-11+,20-10+. The third kappa shape index (κ3) is 6.15. The number of hydrogen-bond donors (Lipinski definition) is 3. The normalized spacial score (nSPS) is 12.8. The molecule has 0 aromatic carbocycles. The molecular formula is C22H35N5O. The van der Waals surface area contributed by atoms with E-state index in [4.69, 9.17) is 10.7 Å². The minimum absolute atomic E-state index is 0.114. The second kappa shape index (κ2) is 10.5. The second-order valence-electron chi connectivity index (χ2n) is 7.20. The molecule has 0 spiro atoms. The van der Waals surface area contributed by atoms with Crippen LogP contribution in [0.2, 0.25) is 0 Å². The van der Waals surface area contributed by atoms with Gasteiger partial charge in [-0.25, -0.2) is 4.98 Å². The van der Waals surface area contributed by atoms with Crippen molar-refractivity contribution in [3.63, 3.8) is 0 Å². The Hall–Kier alpha value is -2.76. The summed E-state index contributed by atoms with van der Waals surface area (Å²) in [5.41, 5.74) is 11.0. The number of hydrogen-bond acceptors (Lipinski definition) is 4. The Kier molecular flexibility index (Phi) is 8.76. The van der Waals surface area contributed by atoms with Crippen LogP contribution in [0.15, 0.2) is 35.7 Å².